The number of rotatable bonds is 7. The zero-order valence-corrected chi connectivity index (χ0v) is 16.4. The van der Waals surface area contributed by atoms with Crippen molar-refractivity contribution in [1.29, 1.82) is 0 Å². The predicted octanol–water partition coefficient (Wildman–Crippen LogP) is 4.40. The van der Waals surface area contributed by atoms with E-state index in [4.69, 9.17) is 21.1 Å². The lowest BCUT2D eigenvalue weighted by Gasteiger charge is -2.11. The Hall–Kier alpha value is -3.51. The molecule has 2 N–H and O–H groups in total. The average Bonchev–Trinajstić information content (AvgIpc) is 2.74. The minimum Gasteiger partial charge on any atom is -0.507 e. The van der Waals surface area contributed by atoms with Crippen LogP contribution in [0.4, 0.5) is 0 Å². The van der Waals surface area contributed by atoms with E-state index in [1.165, 1.54) is 18.3 Å². The monoisotopic (exact) mass is 410 g/mol. The summed E-state index contributed by atoms with van der Waals surface area (Å²) in [5, 5.41) is 14.3. The number of nitrogens with zero attached hydrogens (tertiary/aromatic N) is 1. The van der Waals surface area contributed by atoms with Gasteiger partial charge in [0.15, 0.2) is 11.5 Å². The largest absolute Gasteiger partial charge is 0.507 e. The highest BCUT2D eigenvalue weighted by Crippen LogP contribution is 2.28. The quantitative estimate of drug-likeness (QED) is 0.447. The van der Waals surface area contributed by atoms with Crippen molar-refractivity contribution >= 4 is 23.7 Å². The lowest BCUT2D eigenvalue weighted by Crippen LogP contribution is -2.17. The van der Waals surface area contributed by atoms with Gasteiger partial charge in [-0.1, -0.05) is 35.9 Å². The number of benzene rings is 3. The van der Waals surface area contributed by atoms with Crippen LogP contribution < -0.4 is 14.9 Å². The van der Waals surface area contributed by atoms with E-state index in [9.17, 15) is 9.90 Å². The number of hydrogen-bond acceptors (Lipinski definition) is 5. The number of carbonyl (C=O) groups is 1. The van der Waals surface area contributed by atoms with Crippen LogP contribution in [0.2, 0.25) is 5.02 Å². The first-order chi connectivity index (χ1) is 14.1. The number of aromatic hydroxyl groups is 1. The lowest BCUT2D eigenvalue weighted by molar-refractivity contribution is 0.0952. The van der Waals surface area contributed by atoms with Crippen molar-refractivity contribution in [3.8, 4) is 17.2 Å². The van der Waals surface area contributed by atoms with Crippen molar-refractivity contribution in [1.82, 2.24) is 5.43 Å². The number of phenols is 1. The second-order valence-electron chi connectivity index (χ2n) is 6.04. The zero-order valence-electron chi connectivity index (χ0n) is 15.6. The topological polar surface area (TPSA) is 80.2 Å². The fourth-order valence-electron chi connectivity index (χ4n) is 2.52. The molecule has 3 aromatic carbocycles. The van der Waals surface area contributed by atoms with Crippen molar-refractivity contribution in [2.24, 2.45) is 5.10 Å². The van der Waals surface area contributed by atoms with Gasteiger partial charge < -0.3 is 14.6 Å². The van der Waals surface area contributed by atoms with Gasteiger partial charge in [0.1, 0.15) is 12.4 Å². The van der Waals surface area contributed by atoms with Gasteiger partial charge in [-0.25, -0.2) is 5.43 Å². The number of hydrazone groups is 1. The second-order valence-corrected chi connectivity index (χ2v) is 6.48. The molecule has 6 nitrogen and oxygen atoms in total. The fourth-order valence-corrected chi connectivity index (χ4v) is 2.64. The molecule has 7 heteroatoms. The van der Waals surface area contributed by atoms with Crippen LogP contribution in [0.5, 0.6) is 17.2 Å². The Bertz CT molecular complexity index is 1020. The number of ether oxygens (including phenoxy) is 2. The van der Waals surface area contributed by atoms with Gasteiger partial charge in [-0.05, 0) is 53.6 Å². The first kappa shape index (κ1) is 20.2. The molecule has 0 unspecified atom stereocenters. The third-order valence-electron chi connectivity index (χ3n) is 4.02. The molecule has 0 atom stereocenters. The van der Waals surface area contributed by atoms with E-state index in [-0.39, 0.29) is 11.3 Å². The summed E-state index contributed by atoms with van der Waals surface area (Å²) in [6.45, 7) is 0.373. The Morgan fingerprint density at radius 1 is 1.10 bits per heavy atom. The summed E-state index contributed by atoms with van der Waals surface area (Å²) in [6, 6.07) is 18.9. The summed E-state index contributed by atoms with van der Waals surface area (Å²) in [6.07, 6.45) is 1.48. The van der Waals surface area contributed by atoms with Crippen LogP contribution in [-0.4, -0.2) is 24.3 Å². The van der Waals surface area contributed by atoms with Crippen molar-refractivity contribution < 1.29 is 19.4 Å². The van der Waals surface area contributed by atoms with Crippen LogP contribution >= 0.6 is 11.6 Å². The van der Waals surface area contributed by atoms with Gasteiger partial charge in [0, 0.05) is 5.02 Å². The smallest absolute Gasteiger partial charge is 0.275 e. The number of amides is 1. The van der Waals surface area contributed by atoms with Crippen molar-refractivity contribution in [2.75, 3.05) is 7.11 Å². The Morgan fingerprint density at radius 3 is 2.59 bits per heavy atom. The standard InChI is InChI=1S/C22H19ClN2O4/c1-28-21-12-16(13-24-25-22(27)18-4-2-3-5-19(18)26)8-11-20(21)29-14-15-6-9-17(23)10-7-15/h2-13,26H,14H2,1H3,(H,25,27). The molecule has 3 rings (SSSR count). The molecule has 0 aliphatic heterocycles. The van der Waals surface area contributed by atoms with E-state index < -0.39 is 5.91 Å². The minimum absolute atomic E-state index is 0.107. The maximum Gasteiger partial charge on any atom is 0.275 e. The second kappa shape index (κ2) is 9.61. The Morgan fingerprint density at radius 2 is 1.86 bits per heavy atom. The summed E-state index contributed by atoms with van der Waals surface area (Å²) >= 11 is 5.89. The predicted molar refractivity (Wildman–Crippen MR) is 112 cm³/mol. The van der Waals surface area contributed by atoms with E-state index >= 15 is 0 Å². The summed E-state index contributed by atoms with van der Waals surface area (Å²) in [7, 11) is 1.55. The van der Waals surface area contributed by atoms with E-state index in [0.29, 0.717) is 28.7 Å². The molecule has 29 heavy (non-hydrogen) atoms. The number of halogens is 1. The zero-order chi connectivity index (χ0) is 20.6. The molecular weight excluding hydrogens is 392 g/mol. The molecule has 0 bridgehead atoms. The van der Waals surface area contributed by atoms with Crippen LogP contribution in [0, 0.1) is 0 Å². The highest BCUT2D eigenvalue weighted by molar-refractivity contribution is 6.30. The summed E-state index contributed by atoms with van der Waals surface area (Å²) < 4.78 is 11.2. The van der Waals surface area contributed by atoms with E-state index in [2.05, 4.69) is 10.5 Å². The summed E-state index contributed by atoms with van der Waals surface area (Å²) in [4.78, 5) is 12.0. The molecule has 0 saturated carbocycles. The molecule has 0 saturated heterocycles. The Labute approximate surface area is 173 Å². The van der Waals surface area contributed by atoms with Crippen LogP contribution in [0.15, 0.2) is 71.8 Å². The van der Waals surface area contributed by atoms with E-state index in [0.717, 1.165) is 5.56 Å². The molecule has 1 amide bonds. The third kappa shape index (κ3) is 5.49. The van der Waals surface area contributed by atoms with Crippen molar-refractivity contribution in [2.45, 2.75) is 6.61 Å². The van der Waals surface area contributed by atoms with Crippen molar-refractivity contribution in [3.63, 3.8) is 0 Å². The number of carbonyl (C=O) groups excluding carboxylic acids is 1. The highest BCUT2D eigenvalue weighted by Gasteiger charge is 2.09. The molecule has 0 radical (unpaired) electrons. The normalized spacial score (nSPS) is 10.7. The third-order valence-corrected chi connectivity index (χ3v) is 4.28. The maximum atomic E-state index is 12.0. The number of phenolic OH excluding ortho intramolecular Hbond substituents is 1. The average molecular weight is 411 g/mol. The number of para-hydroxylation sites is 1. The molecule has 0 aliphatic carbocycles. The van der Waals surface area contributed by atoms with E-state index in [1.807, 2.05) is 12.1 Å². The first-order valence-electron chi connectivity index (χ1n) is 8.73. The summed E-state index contributed by atoms with van der Waals surface area (Å²) in [5.74, 6) is 0.506. The summed E-state index contributed by atoms with van der Waals surface area (Å²) in [5.41, 5.74) is 4.21. The number of methoxy groups -OCH3 is 1. The van der Waals surface area contributed by atoms with Gasteiger partial charge in [-0.3, -0.25) is 4.79 Å². The highest BCUT2D eigenvalue weighted by atomic mass is 35.5. The van der Waals surface area contributed by atoms with Gasteiger partial charge in [0.25, 0.3) is 5.91 Å². The SMILES string of the molecule is COc1cc(C=NNC(=O)c2ccccc2O)ccc1OCc1ccc(Cl)cc1. The van der Waals surface area contributed by atoms with Crippen LogP contribution in [-0.2, 0) is 6.61 Å². The number of nitrogens with one attached hydrogen (secondary N) is 1. The molecule has 0 aliphatic rings. The molecule has 0 aromatic heterocycles. The van der Waals surface area contributed by atoms with Gasteiger partial charge in [0.2, 0.25) is 0 Å². The van der Waals surface area contributed by atoms with E-state index in [1.54, 1.807) is 49.6 Å². The molecular formula is C22H19ClN2O4. The maximum absolute atomic E-state index is 12.0. The molecule has 0 spiro atoms. The van der Waals surface area contributed by atoms with Gasteiger partial charge >= 0.3 is 0 Å². The van der Waals surface area contributed by atoms with Gasteiger partial charge in [-0.15, -0.1) is 0 Å². The molecule has 3 aromatic rings. The Balaban J connectivity index is 1.63. The molecule has 148 valence electrons. The van der Waals surface area contributed by atoms with Gasteiger partial charge in [-0.2, -0.15) is 5.10 Å². The number of hydrogen-bond donors (Lipinski definition) is 2. The minimum atomic E-state index is -0.505. The Kier molecular flexibility index (Phi) is 6.71. The van der Waals surface area contributed by atoms with Crippen molar-refractivity contribution in [3.05, 3.63) is 88.4 Å². The van der Waals surface area contributed by atoms with Crippen LogP contribution in [0.1, 0.15) is 21.5 Å². The van der Waals surface area contributed by atoms with Crippen LogP contribution in [0.25, 0.3) is 0 Å². The van der Waals surface area contributed by atoms with Crippen LogP contribution in [0.3, 0.4) is 0 Å². The first-order valence-corrected chi connectivity index (χ1v) is 9.11. The van der Waals surface area contributed by atoms with Gasteiger partial charge in [0.05, 0.1) is 18.9 Å². The fraction of sp³-hybridized carbons (Fsp3) is 0.0909. The molecule has 0 fully saturated rings. The molecule has 0 heterocycles. The lowest BCUT2D eigenvalue weighted by atomic mass is 10.2.